The summed E-state index contributed by atoms with van der Waals surface area (Å²) in [5, 5.41) is 3.45. The summed E-state index contributed by atoms with van der Waals surface area (Å²) in [6, 6.07) is 10.4. The first-order valence-corrected chi connectivity index (χ1v) is 8.46. The predicted octanol–water partition coefficient (Wildman–Crippen LogP) is 2.30. The molecule has 0 heterocycles. The van der Waals surface area contributed by atoms with Gasteiger partial charge in [0, 0.05) is 26.7 Å². The summed E-state index contributed by atoms with van der Waals surface area (Å²) in [5.74, 6) is 1.81. The molecule has 0 aliphatic carbocycles. The molecule has 23 heavy (non-hydrogen) atoms. The average Bonchev–Trinajstić information content (AvgIpc) is 2.57. The minimum absolute atomic E-state index is 0.482. The number of likely N-dealkylation sites (N-methyl/N-ethyl adjacent to an activating group) is 2. The summed E-state index contributed by atoms with van der Waals surface area (Å²) in [4.78, 5) is 8.88. The number of hydrogen-bond donors (Lipinski definition) is 1. The van der Waals surface area contributed by atoms with Crippen molar-refractivity contribution in [3.8, 4) is 5.75 Å². The van der Waals surface area contributed by atoms with Crippen LogP contribution in [0.3, 0.4) is 0 Å². The van der Waals surface area contributed by atoms with Crippen LogP contribution < -0.4 is 10.1 Å². The van der Waals surface area contributed by atoms with Gasteiger partial charge in [-0.25, -0.2) is 0 Å². The molecule has 0 aliphatic heterocycles. The number of benzene rings is 1. The summed E-state index contributed by atoms with van der Waals surface area (Å²) >= 11 is 0. The fourth-order valence-electron chi connectivity index (χ4n) is 2.52. The maximum Gasteiger partial charge on any atom is 0.193 e. The molecule has 0 saturated carbocycles. The minimum Gasteiger partial charge on any atom is -0.492 e. The van der Waals surface area contributed by atoms with Gasteiger partial charge >= 0.3 is 0 Å². The van der Waals surface area contributed by atoms with Gasteiger partial charge in [-0.1, -0.05) is 32.0 Å². The Hall–Kier alpha value is -1.75. The highest BCUT2D eigenvalue weighted by molar-refractivity contribution is 5.79. The van der Waals surface area contributed by atoms with Crippen LogP contribution in [0.4, 0.5) is 0 Å². The van der Waals surface area contributed by atoms with Gasteiger partial charge < -0.3 is 15.0 Å². The Balaban J connectivity index is 2.36. The lowest BCUT2D eigenvalue weighted by Gasteiger charge is -2.29. The molecule has 5 nitrogen and oxygen atoms in total. The maximum atomic E-state index is 5.74. The van der Waals surface area contributed by atoms with E-state index in [4.69, 9.17) is 4.74 Å². The van der Waals surface area contributed by atoms with Crippen LogP contribution >= 0.6 is 0 Å². The number of hydrogen-bond acceptors (Lipinski definition) is 3. The second-order valence-corrected chi connectivity index (χ2v) is 5.58. The number of para-hydroxylation sites is 1. The largest absolute Gasteiger partial charge is 0.492 e. The first-order valence-electron chi connectivity index (χ1n) is 8.46. The molecule has 1 atom stereocenters. The number of aliphatic imine (C=N–C) groups is 1. The third-order valence-electron chi connectivity index (χ3n) is 4.00. The average molecular weight is 320 g/mol. The van der Waals surface area contributed by atoms with E-state index in [2.05, 4.69) is 40.9 Å². The third-order valence-corrected chi connectivity index (χ3v) is 4.00. The topological polar surface area (TPSA) is 40.1 Å². The van der Waals surface area contributed by atoms with E-state index in [0.717, 1.165) is 37.9 Å². The molecule has 0 spiro atoms. The summed E-state index contributed by atoms with van der Waals surface area (Å²) in [6.07, 6.45) is 0. The van der Waals surface area contributed by atoms with E-state index >= 15 is 0 Å². The van der Waals surface area contributed by atoms with E-state index in [9.17, 15) is 0 Å². The number of nitrogens with zero attached hydrogens (tertiary/aromatic N) is 3. The molecule has 1 aromatic carbocycles. The summed E-state index contributed by atoms with van der Waals surface area (Å²) in [7, 11) is 3.85. The van der Waals surface area contributed by atoms with Gasteiger partial charge in [0.25, 0.3) is 0 Å². The van der Waals surface area contributed by atoms with Gasteiger partial charge in [-0.3, -0.25) is 9.89 Å². The molecule has 0 amide bonds. The first kappa shape index (κ1) is 19.3. The molecule has 1 N–H and O–H groups in total. The van der Waals surface area contributed by atoms with Crippen LogP contribution in [-0.4, -0.2) is 68.7 Å². The van der Waals surface area contributed by atoms with Gasteiger partial charge in [-0.15, -0.1) is 0 Å². The van der Waals surface area contributed by atoms with E-state index in [-0.39, 0.29) is 0 Å². The molecule has 5 heteroatoms. The number of rotatable bonds is 9. The highest BCUT2D eigenvalue weighted by Crippen LogP contribution is 2.07. The van der Waals surface area contributed by atoms with Crippen molar-refractivity contribution in [2.24, 2.45) is 4.99 Å². The molecule has 1 rings (SSSR count). The highest BCUT2D eigenvalue weighted by Gasteiger charge is 2.12. The second-order valence-electron chi connectivity index (χ2n) is 5.58. The summed E-state index contributed by atoms with van der Waals surface area (Å²) < 4.78 is 5.74. The van der Waals surface area contributed by atoms with Crippen molar-refractivity contribution in [2.75, 3.05) is 46.9 Å². The quantitative estimate of drug-likeness (QED) is 0.560. The Morgan fingerprint density at radius 1 is 1.22 bits per heavy atom. The zero-order chi connectivity index (χ0) is 17.1. The summed E-state index contributed by atoms with van der Waals surface area (Å²) in [5.41, 5.74) is 0. The molecular weight excluding hydrogens is 288 g/mol. The van der Waals surface area contributed by atoms with Gasteiger partial charge in [0.1, 0.15) is 12.4 Å². The van der Waals surface area contributed by atoms with E-state index in [1.165, 1.54) is 0 Å². The normalized spacial score (nSPS) is 13.0. The molecular formula is C18H32N4O. The molecule has 0 radical (unpaired) electrons. The number of guanidine groups is 1. The van der Waals surface area contributed by atoms with Gasteiger partial charge in [-0.2, -0.15) is 0 Å². The van der Waals surface area contributed by atoms with Crippen molar-refractivity contribution in [2.45, 2.75) is 26.8 Å². The van der Waals surface area contributed by atoms with E-state index in [0.29, 0.717) is 12.6 Å². The smallest absolute Gasteiger partial charge is 0.193 e. The Kier molecular flexibility index (Phi) is 9.14. The van der Waals surface area contributed by atoms with Crippen LogP contribution in [0, 0.1) is 0 Å². The first-order chi connectivity index (χ1) is 11.1. The molecule has 1 unspecified atom stereocenters. The summed E-state index contributed by atoms with van der Waals surface area (Å²) in [6.45, 7) is 11.1. The van der Waals surface area contributed by atoms with Crippen molar-refractivity contribution in [1.29, 1.82) is 0 Å². The fraction of sp³-hybridized carbons (Fsp3) is 0.611. The van der Waals surface area contributed by atoms with Crippen LogP contribution in [0.15, 0.2) is 35.3 Å². The van der Waals surface area contributed by atoms with Crippen LogP contribution in [0.2, 0.25) is 0 Å². The van der Waals surface area contributed by atoms with Crippen LogP contribution in [-0.2, 0) is 0 Å². The second kappa shape index (κ2) is 10.9. The van der Waals surface area contributed by atoms with Crippen molar-refractivity contribution in [3.63, 3.8) is 0 Å². The minimum atomic E-state index is 0.482. The Morgan fingerprint density at radius 3 is 2.43 bits per heavy atom. The van der Waals surface area contributed by atoms with Crippen molar-refractivity contribution in [3.05, 3.63) is 30.3 Å². The van der Waals surface area contributed by atoms with Crippen molar-refractivity contribution < 1.29 is 4.74 Å². The van der Waals surface area contributed by atoms with Gasteiger partial charge in [0.15, 0.2) is 5.96 Å². The van der Waals surface area contributed by atoms with Crippen LogP contribution in [0.5, 0.6) is 5.75 Å². The fourth-order valence-corrected chi connectivity index (χ4v) is 2.52. The van der Waals surface area contributed by atoms with Gasteiger partial charge in [-0.05, 0) is 32.1 Å². The lowest BCUT2D eigenvalue weighted by atomic mass is 10.3. The Bertz CT molecular complexity index is 446. The zero-order valence-corrected chi connectivity index (χ0v) is 15.2. The van der Waals surface area contributed by atoms with E-state index < -0.39 is 0 Å². The molecule has 0 aliphatic rings. The Morgan fingerprint density at radius 2 is 1.87 bits per heavy atom. The van der Waals surface area contributed by atoms with Crippen LogP contribution in [0.1, 0.15) is 20.8 Å². The number of nitrogens with one attached hydrogen (secondary N) is 1. The SMILES string of the molecule is CCN(CC)C(C)CNC(=NC)N(C)CCOc1ccccc1. The molecule has 130 valence electrons. The van der Waals surface area contributed by atoms with E-state index in [1.807, 2.05) is 44.4 Å². The number of ether oxygens (including phenoxy) is 1. The monoisotopic (exact) mass is 320 g/mol. The van der Waals surface area contributed by atoms with Crippen molar-refractivity contribution in [1.82, 2.24) is 15.1 Å². The lowest BCUT2D eigenvalue weighted by molar-refractivity contribution is 0.229. The molecule has 0 bridgehead atoms. The molecule has 0 fully saturated rings. The predicted molar refractivity (Wildman–Crippen MR) is 98.3 cm³/mol. The van der Waals surface area contributed by atoms with Gasteiger partial charge in [0.05, 0.1) is 6.54 Å². The molecule has 0 aromatic heterocycles. The van der Waals surface area contributed by atoms with Crippen LogP contribution in [0.25, 0.3) is 0 Å². The highest BCUT2D eigenvalue weighted by atomic mass is 16.5. The van der Waals surface area contributed by atoms with E-state index in [1.54, 1.807) is 0 Å². The van der Waals surface area contributed by atoms with Gasteiger partial charge in [0.2, 0.25) is 0 Å². The maximum absolute atomic E-state index is 5.74. The third kappa shape index (κ3) is 6.91. The standard InChI is InChI=1S/C18H32N4O/c1-6-22(7-2)16(3)15-20-18(19-4)21(5)13-14-23-17-11-9-8-10-12-17/h8-12,16H,6-7,13-15H2,1-5H3,(H,19,20). The molecule has 0 saturated heterocycles. The molecule has 1 aromatic rings. The lowest BCUT2D eigenvalue weighted by Crippen LogP contribution is -2.47. The van der Waals surface area contributed by atoms with Crippen molar-refractivity contribution >= 4 is 5.96 Å². The Labute approximate surface area is 141 Å². The zero-order valence-electron chi connectivity index (χ0n) is 15.2.